The first kappa shape index (κ1) is 34.0. The Bertz CT molecular complexity index is 1790. The molecule has 0 saturated heterocycles. The fourth-order valence-corrected chi connectivity index (χ4v) is 8.17. The van der Waals surface area contributed by atoms with Crippen molar-refractivity contribution in [2.45, 2.75) is 119 Å². The number of hydrogen-bond donors (Lipinski definition) is 1. The molecule has 0 fully saturated rings. The van der Waals surface area contributed by atoms with Crippen molar-refractivity contribution >= 4 is 27.1 Å². The van der Waals surface area contributed by atoms with Crippen molar-refractivity contribution in [2.24, 2.45) is 7.05 Å². The summed E-state index contributed by atoms with van der Waals surface area (Å²) in [5.74, 6) is 3.02. The van der Waals surface area contributed by atoms with E-state index in [2.05, 4.69) is 155 Å². The first-order valence-electron chi connectivity index (χ1n) is 17.3. The van der Waals surface area contributed by atoms with Gasteiger partial charge >= 0.3 is 0 Å². The maximum atomic E-state index is 5.58. The maximum absolute atomic E-state index is 5.58. The maximum Gasteiger partial charge on any atom is 0.136 e. The molecule has 0 aliphatic rings. The van der Waals surface area contributed by atoms with Crippen LogP contribution in [0.25, 0.3) is 21.3 Å². The lowest BCUT2D eigenvalue weighted by molar-refractivity contribution is 0.700. The van der Waals surface area contributed by atoms with Gasteiger partial charge in [0, 0.05) is 39.5 Å². The zero-order valence-corrected chi connectivity index (χ0v) is 31.3. The Balaban J connectivity index is 1.84. The van der Waals surface area contributed by atoms with E-state index in [-0.39, 0.29) is 6.04 Å². The molecule has 4 heteroatoms. The molecular weight excluding hydrogens is 579 g/mol. The predicted molar refractivity (Wildman–Crippen MR) is 202 cm³/mol. The van der Waals surface area contributed by atoms with Gasteiger partial charge in [-0.1, -0.05) is 118 Å². The zero-order valence-electron chi connectivity index (χ0n) is 30.5. The first-order chi connectivity index (χ1) is 21.7. The van der Waals surface area contributed by atoms with Gasteiger partial charge in [0.25, 0.3) is 0 Å². The molecule has 5 rings (SSSR count). The molecule has 0 spiro atoms. The van der Waals surface area contributed by atoms with E-state index < -0.39 is 0 Å². The van der Waals surface area contributed by atoms with Crippen molar-refractivity contribution in [1.29, 1.82) is 0 Å². The molecular formula is C42H55N3S. The van der Waals surface area contributed by atoms with Gasteiger partial charge in [0.1, 0.15) is 11.9 Å². The molecule has 1 unspecified atom stereocenters. The van der Waals surface area contributed by atoms with Crippen molar-refractivity contribution in [3.8, 4) is 11.3 Å². The number of para-hydroxylation sites is 1. The van der Waals surface area contributed by atoms with Gasteiger partial charge < -0.3 is 9.88 Å². The minimum Gasteiger partial charge on any atom is -0.371 e. The second-order valence-electron chi connectivity index (χ2n) is 14.9. The summed E-state index contributed by atoms with van der Waals surface area (Å²) in [6, 6.07) is 18.3. The van der Waals surface area contributed by atoms with Crippen LogP contribution in [0.1, 0.15) is 155 Å². The third-order valence-electron chi connectivity index (χ3n) is 9.64. The topological polar surface area (TPSA) is 29.9 Å². The molecule has 0 aliphatic heterocycles. The lowest BCUT2D eigenvalue weighted by atomic mass is 9.81. The van der Waals surface area contributed by atoms with Gasteiger partial charge in [-0.05, 0) is 82.4 Å². The number of nitrogens with zero attached hydrogens (tertiary/aromatic N) is 2. The van der Waals surface area contributed by atoms with Gasteiger partial charge in [0.2, 0.25) is 0 Å². The van der Waals surface area contributed by atoms with Crippen LogP contribution in [-0.2, 0) is 7.05 Å². The third kappa shape index (κ3) is 6.30. The molecule has 3 aromatic carbocycles. The van der Waals surface area contributed by atoms with E-state index >= 15 is 0 Å². The van der Waals surface area contributed by atoms with Crippen LogP contribution < -0.4 is 5.32 Å². The number of rotatable bonds is 10. The molecule has 0 radical (unpaired) electrons. The van der Waals surface area contributed by atoms with E-state index in [1.807, 2.05) is 11.3 Å². The molecule has 0 amide bonds. The third-order valence-corrected chi connectivity index (χ3v) is 10.9. The largest absolute Gasteiger partial charge is 0.371 e. The van der Waals surface area contributed by atoms with Gasteiger partial charge in [0.15, 0.2) is 0 Å². The number of imidazole rings is 1. The Labute approximate surface area is 282 Å². The minimum absolute atomic E-state index is 0.126. The molecule has 3 nitrogen and oxygen atoms in total. The van der Waals surface area contributed by atoms with Gasteiger partial charge in [-0.2, -0.15) is 0 Å². The quantitative estimate of drug-likeness (QED) is 0.166. The molecule has 2 aromatic heterocycles. The van der Waals surface area contributed by atoms with Crippen LogP contribution >= 0.6 is 11.3 Å². The predicted octanol–water partition coefficient (Wildman–Crippen LogP) is 12.7. The molecule has 0 bridgehead atoms. The van der Waals surface area contributed by atoms with Crippen LogP contribution in [-0.4, -0.2) is 9.55 Å². The van der Waals surface area contributed by atoms with Gasteiger partial charge in [-0.3, -0.25) is 0 Å². The number of aryl methyl sites for hydroxylation is 3. The fourth-order valence-electron chi connectivity index (χ4n) is 7.04. The number of aromatic nitrogens is 2. The summed E-state index contributed by atoms with van der Waals surface area (Å²) >= 11 is 1.89. The van der Waals surface area contributed by atoms with Crippen LogP contribution in [0, 0.1) is 13.8 Å². The van der Waals surface area contributed by atoms with E-state index in [1.165, 1.54) is 65.2 Å². The highest BCUT2D eigenvalue weighted by molar-refractivity contribution is 7.19. The highest BCUT2D eigenvalue weighted by atomic mass is 32.1. The van der Waals surface area contributed by atoms with Gasteiger partial charge in [-0.25, -0.2) is 4.98 Å². The van der Waals surface area contributed by atoms with Crippen molar-refractivity contribution in [3.05, 3.63) is 104 Å². The van der Waals surface area contributed by atoms with Gasteiger partial charge in [0.05, 0.1) is 5.69 Å². The molecule has 1 N–H and O–H groups in total. The van der Waals surface area contributed by atoms with Crippen LogP contribution in [0.4, 0.5) is 5.69 Å². The summed E-state index contributed by atoms with van der Waals surface area (Å²) in [7, 11) is 2.18. The number of benzene rings is 3. The van der Waals surface area contributed by atoms with Crippen LogP contribution in [0.15, 0.2) is 54.7 Å². The Kier molecular flexibility index (Phi) is 9.89. The number of hydrogen-bond acceptors (Lipinski definition) is 3. The van der Waals surface area contributed by atoms with E-state index in [1.54, 1.807) is 0 Å². The number of anilines is 1. The number of thiophene rings is 1. The monoisotopic (exact) mass is 633 g/mol. The highest BCUT2D eigenvalue weighted by Gasteiger charge is 2.31. The van der Waals surface area contributed by atoms with Crippen LogP contribution in [0.2, 0.25) is 0 Å². The number of nitrogens with one attached hydrogen (secondary N) is 1. The SMILES string of the molecule is Cc1sc2c(C)cccc2c1-c1cn(C)c(C(Nc2c(C(C)C)cccc2C(C)C)c2c(C(C)C)cc(C(C)C)cc2C(C)C)n1. The average molecular weight is 634 g/mol. The molecule has 46 heavy (non-hydrogen) atoms. The molecule has 5 aromatic rings. The highest BCUT2D eigenvalue weighted by Crippen LogP contribution is 2.44. The Morgan fingerprint density at radius 1 is 0.696 bits per heavy atom. The van der Waals surface area contributed by atoms with Crippen LogP contribution in [0.5, 0.6) is 0 Å². The fraction of sp³-hybridized carbons (Fsp3) is 0.452. The molecule has 2 heterocycles. The molecule has 244 valence electrons. The zero-order chi connectivity index (χ0) is 33.6. The summed E-state index contributed by atoms with van der Waals surface area (Å²) in [4.78, 5) is 6.90. The summed E-state index contributed by atoms with van der Waals surface area (Å²) in [6.45, 7) is 27.7. The minimum atomic E-state index is -0.126. The normalized spacial score (nSPS) is 12.9. The Hall–Kier alpha value is -3.37. The smallest absolute Gasteiger partial charge is 0.136 e. The molecule has 0 saturated carbocycles. The Morgan fingerprint density at radius 2 is 1.24 bits per heavy atom. The second-order valence-corrected chi connectivity index (χ2v) is 16.1. The standard InChI is InChI=1S/C42H55N3S/c1-23(2)30-20-34(26(7)8)38(35(21-30)27(9)10)40(44-39-31(24(3)4)17-15-18-32(39)25(5)6)42-43-36(22-45(42)13)37-29(12)46-41-28(11)16-14-19-33(37)41/h14-27,40,44H,1-13H3. The van der Waals surface area contributed by atoms with E-state index in [9.17, 15) is 0 Å². The Morgan fingerprint density at radius 3 is 1.76 bits per heavy atom. The van der Waals surface area contributed by atoms with E-state index in [4.69, 9.17) is 4.98 Å². The second kappa shape index (κ2) is 13.4. The van der Waals surface area contributed by atoms with E-state index in [0.717, 1.165) is 11.5 Å². The van der Waals surface area contributed by atoms with Crippen LogP contribution in [0.3, 0.4) is 0 Å². The molecule has 1 atom stereocenters. The summed E-state index contributed by atoms with van der Waals surface area (Å²) in [5.41, 5.74) is 13.2. The lowest BCUT2D eigenvalue weighted by Crippen LogP contribution is -2.23. The summed E-state index contributed by atoms with van der Waals surface area (Å²) in [5, 5.41) is 5.53. The van der Waals surface area contributed by atoms with E-state index in [0.29, 0.717) is 29.6 Å². The summed E-state index contributed by atoms with van der Waals surface area (Å²) < 4.78 is 3.64. The first-order valence-corrected chi connectivity index (χ1v) is 18.1. The van der Waals surface area contributed by atoms with Crippen molar-refractivity contribution < 1.29 is 0 Å². The average Bonchev–Trinajstić information content (AvgIpc) is 3.53. The van der Waals surface area contributed by atoms with Crippen molar-refractivity contribution in [3.63, 3.8) is 0 Å². The molecule has 0 aliphatic carbocycles. The van der Waals surface area contributed by atoms with Gasteiger partial charge in [-0.15, -0.1) is 11.3 Å². The lowest BCUT2D eigenvalue weighted by Gasteiger charge is -2.32. The summed E-state index contributed by atoms with van der Waals surface area (Å²) in [6.07, 6.45) is 2.26. The van der Waals surface area contributed by atoms with Crippen molar-refractivity contribution in [1.82, 2.24) is 9.55 Å². The number of fused-ring (bicyclic) bond motifs is 1. The van der Waals surface area contributed by atoms with Crippen molar-refractivity contribution in [2.75, 3.05) is 5.32 Å².